The van der Waals surface area contributed by atoms with Crippen LogP contribution < -0.4 is 10.1 Å². The SMILES string of the molecule is Oc1ccccc1CNCc1ccccc1OC(F)F. The van der Waals surface area contributed by atoms with Crippen molar-refractivity contribution in [3.63, 3.8) is 0 Å². The second-order valence-electron chi connectivity index (χ2n) is 4.22. The van der Waals surface area contributed by atoms with Gasteiger partial charge in [-0.2, -0.15) is 8.78 Å². The molecular formula is C15H15F2NO2. The number of rotatable bonds is 6. The highest BCUT2D eigenvalue weighted by Gasteiger charge is 2.08. The molecule has 106 valence electrons. The van der Waals surface area contributed by atoms with Crippen LogP contribution in [-0.2, 0) is 13.1 Å². The molecule has 0 saturated heterocycles. The minimum atomic E-state index is -2.84. The monoisotopic (exact) mass is 279 g/mol. The van der Waals surface area contributed by atoms with Crippen molar-refractivity contribution in [1.29, 1.82) is 0 Å². The average Bonchev–Trinajstić information content (AvgIpc) is 2.42. The van der Waals surface area contributed by atoms with Crippen molar-refractivity contribution >= 4 is 0 Å². The lowest BCUT2D eigenvalue weighted by Crippen LogP contribution is -2.14. The van der Waals surface area contributed by atoms with Crippen LogP contribution in [0, 0.1) is 0 Å². The largest absolute Gasteiger partial charge is 0.508 e. The third-order valence-corrected chi connectivity index (χ3v) is 2.81. The number of phenols is 1. The molecule has 0 atom stereocenters. The number of aromatic hydroxyl groups is 1. The summed E-state index contributed by atoms with van der Waals surface area (Å²) in [7, 11) is 0. The van der Waals surface area contributed by atoms with E-state index in [0.29, 0.717) is 18.7 Å². The van der Waals surface area contributed by atoms with Crippen LogP contribution in [0.5, 0.6) is 11.5 Å². The Hall–Kier alpha value is -2.14. The lowest BCUT2D eigenvalue weighted by atomic mass is 10.1. The van der Waals surface area contributed by atoms with E-state index in [4.69, 9.17) is 0 Å². The van der Waals surface area contributed by atoms with Gasteiger partial charge in [0, 0.05) is 24.2 Å². The summed E-state index contributed by atoms with van der Waals surface area (Å²) in [6.45, 7) is -2.03. The fraction of sp³-hybridized carbons (Fsp3) is 0.200. The molecule has 0 fully saturated rings. The summed E-state index contributed by atoms with van der Waals surface area (Å²) >= 11 is 0. The van der Waals surface area contributed by atoms with Gasteiger partial charge in [-0.3, -0.25) is 0 Å². The van der Waals surface area contributed by atoms with Crippen molar-refractivity contribution in [2.45, 2.75) is 19.7 Å². The zero-order valence-corrected chi connectivity index (χ0v) is 10.7. The third-order valence-electron chi connectivity index (χ3n) is 2.81. The first-order valence-corrected chi connectivity index (χ1v) is 6.17. The van der Waals surface area contributed by atoms with Crippen molar-refractivity contribution in [2.24, 2.45) is 0 Å². The first-order chi connectivity index (χ1) is 9.66. The van der Waals surface area contributed by atoms with Gasteiger partial charge < -0.3 is 15.2 Å². The molecule has 0 saturated carbocycles. The Bertz CT molecular complexity index is 561. The summed E-state index contributed by atoms with van der Waals surface area (Å²) in [6.07, 6.45) is 0. The molecule has 0 aromatic heterocycles. The maximum absolute atomic E-state index is 12.3. The highest BCUT2D eigenvalue weighted by atomic mass is 19.3. The molecule has 0 bridgehead atoms. The second kappa shape index (κ2) is 6.86. The number of ether oxygens (including phenoxy) is 1. The van der Waals surface area contributed by atoms with E-state index < -0.39 is 6.61 Å². The third kappa shape index (κ3) is 3.93. The first-order valence-electron chi connectivity index (χ1n) is 6.17. The zero-order valence-electron chi connectivity index (χ0n) is 10.7. The summed E-state index contributed by atoms with van der Waals surface area (Å²) in [5.41, 5.74) is 1.39. The predicted molar refractivity (Wildman–Crippen MR) is 71.7 cm³/mol. The van der Waals surface area contributed by atoms with Crippen LogP contribution in [0.2, 0.25) is 0 Å². The van der Waals surface area contributed by atoms with Crippen molar-refractivity contribution < 1.29 is 18.6 Å². The molecule has 0 radical (unpaired) electrons. The molecule has 2 N–H and O–H groups in total. The van der Waals surface area contributed by atoms with Gasteiger partial charge in [0.15, 0.2) is 0 Å². The van der Waals surface area contributed by atoms with E-state index >= 15 is 0 Å². The van der Waals surface area contributed by atoms with Gasteiger partial charge in [-0.15, -0.1) is 0 Å². The standard InChI is InChI=1S/C15H15F2NO2/c16-15(17)20-14-8-4-2-6-12(14)10-18-9-11-5-1-3-7-13(11)19/h1-8,15,18-19H,9-10H2. The molecule has 20 heavy (non-hydrogen) atoms. The second-order valence-corrected chi connectivity index (χ2v) is 4.22. The number of hydrogen-bond donors (Lipinski definition) is 2. The maximum atomic E-state index is 12.3. The Morgan fingerprint density at radius 1 is 0.950 bits per heavy atom. The number of halogens is 2. The molecule has 0 aliphatic carbocycles. The topological polar surface area (TPSA) is 41.5 Å². The van der Waals surface area contributed by atoms with Crippen molar-refractivity contribution in [3.8, 4) is 11.5 Å². The smallest absolute Gasteiger partial charge is 0.387 e. The van der Waals surface area contributed by atoms with Crippen molar-refractivity contribution in [2.75, 3.05) is 0 Å². The Kier molecular flexibility index (Phi) is 4.90. The van der Waals surface area contributed by atoms with E-state index in [1.54, 1.807) is 36.4 Å². The quantitative estimate of drug-likeness (QED) is 0.852. The van der Waals surface area contributed by atoms with E-state index in [1.165, 1.54) is 6.07 Å². The summed E-state index contributed by atoms with van der Waals surface area (Å²) < 4.78 is 29.0. The van der Waals surface area contributed by atoms with Crippen LogP contribution in [0.4, 0.5) is 8.78 Å². The Balaban J connectivity index is 1.96. The van der Waals surface area contributed by atoms with E-state index in [-0.39, 0.29) is 11.5 Å². The van der Waals surface area contributed by atoms with Gasteiger partial charge in [0.1, 0.15) is 11.5 Å². The number of benzene rings is 2. The summed E-state index contributed by atoms with van der Waals surface area (Å²) in [4.78, 5) is 0. The highest BCUT2D eigenvalue weighted by Crippen LogP contribution is 2.20. The fourth-order valence-electron chi connectivity index (χ4n) is 1.85. The summed E-state index contributed by atoms with van der Waals surface area (Å²) in [5.74, 6) is 0.365. The average molecular weight is 279 g/mol. The van der Waals surface area contributed by atoms with Crippen molar-refractivity contribution in [1.82, 2.24) is 5.32 Å². The zero-order chi connectivity index (χ0) is 14.4. The van der Waals surface area contributed by atoms with Crippen LogP contribution in [0.15, 0.2) is 48.5 Å². The minimum absolute atomic E-state index is 0.160. The molecule has 0 aliphatic heterocycles. The molecule has 0 spiro atoms. The molecule has 5 heteroatoms. The molecule has 0 heterocycles. The lowest BCUT2D eigenvalue weighted by Gasteiger charge is -2.11. The predicted octanol–water partition coefficient (Wildman–Crippen LogP) is 3.28. The summed E-state index contributed by atoms with van der Waals surface area (Å²) in [5, 5.41) is 12.7. The molecule has 0 aliphatic rings. The van der Waals surface area contributed by atoms with Gasteiger partial charge in [-0.25, -0.2) is 0 Å². The van der Waals surface area contributed by atoms with E-state index in [1.807, 2.05) is 6.07 Å². The Morgan fingerprint density at radius 3 is 2.25 bits per heavy atom. The van der Waals surface area contributed by atoms with Crippen molar-refractivity contribution in [3.05, 3.63) is 59.7 Å². The number of nitrogens with one attached hydrogen (secondary N) is 1. The minimum Gasteiger partial charge on any atom is -0.508 e. The number of hydrogen-bond acceptors (Lipinski definition) is 3. The molecule has 2 aromatic carbocycles. The first kappa shape index (κ1) is 14.3. The van der Waals surface area contributed by atoms with E-state index in [2.05, 4.69) is 10.1 Å². The van der Waals surface area contributed by atoms with Crippen LogP contribution in [0.3, 0.4) is 0 Å². The van der Waals surface area contributed by atoms with Crippen LogP contribution in [-0.4, -0.2) is 11.7 Å². The van der Waals surface area contributed by atoms with E-state index in [0.717, 1.165) is 5.56 Å². The highest BCUT2D eigenvalue weighted by molar-refractivity contribution is 5.34. The van der Waals surface area contributed by atoms with Gasteiger partial charge in [0.25, 0.3) is 0 Å². The van der Waals surface area contributed by atoms with Gasteiger partial charge in [0.2, 0.25) is 0 Å². The molecule has 0 amide bonds. The summed E-state index contributed by atoms with van der Waals surface area (Å²) in [6, 6.07) is 13.6. The van der Waals surface area contributed by atoms with Gasteiger partial charge in [-0.05, 0) is 12.1 Å². The molecule has 2 rings (SSSR count). The van der Waals surface area contributed by atoms with Crippen LogP contribution >= 0.6 is 0 Å². The molecule has 3 nitrogen and oxygen atoms in total. The molecule has 0 unspecified atom stereocenters. The number of para-hydroxylation sites is 2. The lowest BCUT2D eigenvalue weighted by molar-refractivity contribution is -0.0505. The normalized spacial score (nSPS) is 10.8. The maximum Gasteiger partial charge on any atom is 0.387 e. The molecular weight excluding hydrogens is 264 g/mol. The Labute approximate surface area is 115 Å². The van der Waals surface area contributed by atoms with Gasteiger partial charge >= 0.3 is 6.61 Å². The van der Waals surface area contributed by atoms with Gasteiger partial charge in [-0.1, -0.05) is 36.4 Å². The Morgan fingerprint density at radius 2 is 1.55 bits per heavy atom. The molecule has 2 aromatic rings. The number of phenolic OH excluding ortho intramolecular Hbond substituents is 1. The van der Waals surface area contributed by atoms with E-state index in [9.17, 15) is 13.9 Å². The fourth-order valence-corrected chi connectivity index (χ4v) is 1.85. The van der Waals surface area contributed by atoms with Crippen LogP contribution in [0.25, 0.3) is 0 Å². The number of alkyl halides is 2. The van der Waals surface area contributed by atoms with Gasteiger partial charge in [0.05, 0.1) is 0 Å². The van der Waals surface area contributed by atoms with Crippen LogP contribution in [0.1, 0.15) is 11.1 Å².